The van der Waals surface area contributed by atoms with Gasteiger partial charge in [0.2, 0.25) is 10.0 Å². The highest BCUT2D eigenvalue weighted by atomic mass is 79.9. The van der Waals surface area contributed by atoms with E-state index < -0.39 is 10.0 Å². The molecule has 0 aliphatic heterocycles. The van der Waals surface area contributed by atoms with Crippen LogP contribution in [0.25, 0.3) is 0 Å². The van der Waals surface area contributed by atoms with Crippen LogP contribution in [0.5, 0.6) is 0 Å². The van der Waals surface area contributed by atoms with Gasteiger partial charge in [-0.1, -0.05) is 22.4 Å². The quantitative estimate of drug-likeness (QED) is 0.763. The summed E-state index contributed by atoms with van der Waals surface area (Å²) >= 11 is 6.68. The SMILES string of the molecule is C[C@@H](NS(=O)(=O)c1ccc(Br)cc1Br)[C@@H]1C[C@H]2CC[C@H]1C2. The van der Waals surface area contributed by atoms with Crippen molar-refractivity contribution in [3.05, 3.63) is 27.1 Å². The summed E-state index contributed by atoms with van der Waals surface area (Å²) in [6.45, 7) is 2.01. The summed E-state index contributed by atoms with van der Waals surface area (Å²) < 4.78 is 29.5. The lowest BCUT2D eigenvalue weighted by Crippen LogP contribution is -2.40. The summed E-state index contributed by atoms with van der Waals surface area (Å²) in [5, 5.41) is 0. The highest BCUT2D eigenvalue weighted by Crippen LogP contribution is 2.49. The van der Waals surface area contributed by atoms with Crippen LogP contribution in [0.2, 0.25) is 0 Å². The molecule has 21 heavy (non-hydrogen) atoms. The summed E-state index contributed by atoms with van der Waals surface area (Å²) in [6.07, 6.45) is 5.07. The van der Waals surface area contributed by atoms with Crippen LogP contribution in [0.3, 0.4) is 0 Å². The fraction of sp³-hybridized carbons (Fsp3) is 0.600. The average molecular weight is 437 g/mol. The zero-order valence-electron chi connectivity index (χ0n) is 11.9. The first-order valence-electron chi connectivity index (χ1n) is 7.34. The molecule has 1 aromatic carbocycles. The predicted octanol–water partition coefficient (Wildman–Crippen LogP) is 4.31. The maximum atomic E-state index is 12.6. The Balaban J connectivity index is 1.76. The van der Waals surface area contributed by atoms with Gasteiger partial charge in [0.15, 0.2) is 0 Å². The highest BCUT2D eigenvalue weighted by molar-refractivity contribution is 9.11. The molecule has 2 saturated carbocycles. The Morgan fingerprint density at radius 2 is 2.00 bits per heavy atom. The second kappa shape index (κ2) is 5.95. The normalized spacial score (nSPS) is 29.8. The molecule has 2 fully saturated rings. The van der Waals surface area contributed by atoms with Crippen LogP contribution in [0.1, 0.15) is 32.6 Å². The lowest BCUT2D eigenvalue weighted by Gasteiger charge is -2.28. The molecule has 1 aromatic rings. The molecule has 2 aliphatic rings. The Morgan fingerprint density at radius 1 is 1.24 bits per heavy atom. The third-order valence-corrected chi connectivity index (χ3v) is 7.99. The zero-order chi connectivity index (χ0) is 15.2. The van der Waals surface area contributed by atoms with E-state index in [4.69, 9.17) is 0 Å². The van der Waals surface area contributed by atoms with Gasteiger partial charge in [-0.05, 0) is 78.1 Å². The highest BCUT2D eigenvalue weighted by Gasteiger charge is 2.42. The first-order valence-corrected chi connectivity index (χ1v) is 10.4. The Hall–Kier alpha value is 0.0900. The Kier molecular flexibility index (Phi) is 4.52. The monoisotopic (exact) mass is 435 g/mol. The number of fused-ring (bicyclic) bond motifs is 2. The summed E-state index contributed by atoms with van der Waals surface area (Å²) in [5.41, 5.74) is 0. The van der Waals surface area contributed by atoms with Gasteiger partial charge < -0.3 is 0 Å². The second-order valence-electron chi connectivity index (χ2n) is 6.32. The van der Waals surface area contributed by atoms with E-state index in [1.807, 2.05) is 6.92 Å². The van der Waals surface area contributed by atoms with Gasteiger partial charge in [-0.2, -0.15) is 0 Å². The molecule has 6 heteroatoms. The fourth-order valence-electron chi connectivity index (χ4n) is 4.00. The molecule has 3 rings (SSSR count). The maximum Gasteiger partial charge on any atom is 0.241 e. The third-order valence-electron chi connectivity index (χ3n) is 4.96. The molecule has 2 bridgehead atoms. The topological polar surface area (TPSA) is 46.2 Å². The lowest BCUT2D eigenvalue weighted by molar-refractivity contribution is 0.280. The number of nitrogens with one attached hydrogen (secondary N) is 1. The van der Waals surface area contributed by atoms with Gasteiger partial charge in [-0.3, -0.25) is 0 Å². The second-order valence-corrected chi connectivity index (χ2v) is 9.78. The molecule has 4 atom stereocenters. The molecular formula is C15H19Br2NO2S. The summed E-state index contributed by atoms with van der Waals surface area (Å²) in [4.78, 5) is 0.306. The largest absolute Gasteiger partial charge is 0.241 e. The van der Waals surface area contributed by atoms with E-state index in [0.29, 0.717) is 21.2 Å². The fourth-order valence-corrected chi connectivity index (χ4v) is 7.04. The van der Waals surface area contributed by atoms with Crippen molar-refractivity contribution in [3.63, 3.8) is 0 Å². The molecule has 0 aromatic heterocycles. The summed E-state index contributed by atoms with van der Waals surface area (Å²) in [6, 6.07) is 5.14. The van der Waals surface area contributed by atoms with E-state index in [-0.39, 0.29) is 6.04 Å². The smallest absolute Gasteiger partial charge is 0.208 e. The van der Waals surface area contributed by atoms with Gasteiger partial charge in [0.1, 0.15) is 0 Å². The molecule has 2 aliphatic carbocycles. The van der Waals surface area contributed by atoms with Crippen LogP contribution in [0.4, 0.5) is 0 Å². The Morgan fingerprint density at radius 3 is 2.57 bits per heavy atom. The number of halogens is 2. The van der Waals surface area contributed by atoms with Crippen LogP contribution < -0.4 is 4.72 Å². The van der Waals surface area contributed by atoms with E-state index in [0.717, 1.165) is 10.4 Å². The number of benzene rings is 1. The van der Waals surface area contributed by atoms with Crippen LogP contribution in [0, 0.1) is 17.8 Å². The molecule has 3 nitrogen and oxygen atoms in total. The minimum absolute atomic E-state index is 0.000784. The molecule has 1 N–H and O–H groups in total. The molecule has 0 spiro atoms. The van der Waals surface area contributed by atoms with Crippen molar-refractivity contribution in [2.45, 2.75) is 43.5 Å². The first kappa shape index (κ1) is 16.0. The van der Waals surface area contributed by atoms with Gasteiger partial charge in [0.25, 0.3) is 0 Å². The molecule has 0 radical (unpaired) electrons. The molecular weight excluding hydrogens is 418 g/mol. The van der Waals surface area contributed by atoms with Crippen molar-refractivity contribution >= 4 is 41.9 Å². The van der Waals surface area contributed by atoms with Crippen molar-refractivity contribution in [1.29, 1.82) is 0 Å². The van der Waals surface area contributed by atoms with Crippen LogP contribution >= 0.6 is 31.9 Å². The Labute approximate surface area is 143 Å². The average Bonchev–Trinajstić information content (AvgIpc) is 2.99. The van der Waals surface area contributed by atoms with Crippen LogP contribution in [0.15, 0.2) is 32.0 Å². The van der Waals surface area contributed by atoms with E-state index in [1.54, 1.807) is 18.2 Å². The maximum absolute atomic E-state index is 12.6. The summed E-state index contributed by atoms with van der Waals surface area (Å²) in [7, 11) is -3.48. The van der Waals surface area contributed by atoms with Crippen LogP contribution in [-0.4, -0.2) is 14.5 Å². The summed E-state index contributed by atoms with van der Waals surface area (Å²) in [5.74, 6) is 2.03. The zero-order valence-corrected chi connectivity index (χ0v) is 15.8. The Bertz CT molecular complexity index is 647. The number of hydrogen-bond donors (Lipinski definition) is 1. The van der Waals surface area contributed by atoms with E-state index in [2.05, 4.69) is 36.6 Å². The molecule has 116 valence electrons. The predicted molar refractivity (Wildman–Crippen MR) is 90.6 cm³/mol. The van der Waals surface area contributed by atoms with Crippen molar-refractivity contribution in [1.82, 2.24) is 4.72 Å². The lowest BCUT2D eigenvalue weighted by atomic mass is 9.84. The van der Waals surface area contributed by atoms with E-state index in [1.165, 1.54) is 25.7 Å². The van der Waals surface area contributed by atoms with Gasteiger partial charge in [-0.15, -0.1) is 0 Å². The van der Waals surface area contributed by atoms with E-state index >= 15 is 0 Å². The van der Waals surface area contributed by atoms with Crippen molar-refractivity contribution in [2.75, 3.05) is 0 Å². The minimum atomic E-state index is -3.48. The standard InChI is InChI=1S/C15H19Br2NO2S/c1-9(13-7-10-2-3-11(13)6-10)18-21(19,20)15-5-4-12(16)8-14(15)17/h4-5,8-11,13,18H,2-3,6-7H2,1H3/t9-,10+,11+,13+/m1/s1. The third kappa shape index (κ3) is 3.23. The molecule has 0 saturated heterocycles. The molecule has 0 amide bonds. The number of hydrogen-bond acceptors (Lipinski definition) is 2. The number of rotatable bonds is 4. The molecule has 0 unspecified atom stereocenters. The minimum Gasteiger partial charge on any atom is -0.208 e. The van der Waals surface area contributed by atoms with Crippen molar-refractivity contribution < 1.29 is 8.42 Å². The van der Waals surface area contributed by atoms with Gasteiger partial charge in [0.05, 0.1) is 4.90 Å². The van der Waals surface area contributed by atoms with E-state index in [9.17, 15) is 8.42 Å². The number of sulfonamides is 1. The molecule has 0 heterocycles. The van der Waals surface area contributed by atoms with Gasteiger partial charge in [-0.25, -0.2) is 13.1 Å². The van der Waals surface area contributed by atoms with Crippen molar-refractivity contribution in [2.24, 2.45) is 17.8 Å². The van der Waals surface area contributed by atoms with Gasteiger partial charge >= 0.3 is 0 Å². The van der Waals surface area contributed by atoms with Gasteiger partial charge in [0, 0.05) is 15.0 Å². The van der Waals surface area contributed by atoms with Crippen molar-refractivity contribution in [3.8, 4) is 0 Å². The first-order chi connectivity index (χ1) is 9.87. The van der Waals surface area contributed by atoms with Crippen LogP contribution in [-0.2, 0) is 10.0 Å².